The number of rotatable bonds is 1. The Morgan fingerprint density at radius 2 is 0.588 bits per heavy atom. The molecule has 0 heteroatoms. The second-order valence-corrected chi connectivity index (χ2v) is 14.3. The van der Waals surface area contributed by atoms with Crippen molar-refractivity contribution in [1.82, 2.24) is 0 Å². The van der Waals surface area contributed by atoms with Crippen LogP contribution in [-0.4, -0.2) is 0 Å². The molecule has 2 aliphatic rings. The Morgan fingerprint density at radius 1 is 0.235 bits per heavy atom. The second kappa shape index (κ2) is 9.81. The summed E-state index contributed by atoms with van der Waals surface area (Å²) >= 11 is 0. The summed E-state index contributed by atoms with van der Waals surface area (Å²) in [6, 6.07) is 68.5. The highest BCUT2D eigenvalue weighted by atomic mass is 14.5. The maximum absolute atomic E-state index is 2.50. The Morgan fingerprint density at radius 3 is 1.10 bits per heavy atom. The molecule has 10 aromatic rings. The molecule has 0 heterocycles. The van der Waals surface area contributed by atoms with E-state index >= 15 is 0 Å². The van der Waals surface area contributed by atoms with Crippen molar-refractivity contribution in [3.8, 4) is 33.4 Å². The van der Waals surface area contributed by atoms with Crippen LogP contribution in [0, 0.1) is 0 Å². The van der Waals surface area contributed by atoms with E-state index in [-0.39, 0.29) is 5.41 Å². The van der Waals surface area contributed by atoms with Crippen LogP contribution in [0.15, 0.2) is 182 Å². The van der Waals surface area contributed by atoms with Crippen LogP contribution in [0.25, 0.3) is 87.2 Å². The van der Waals surface area contributed by atoms with Gasteiger partial charge in [-0.1, -0.05) is 170 Å². The van der Waals surface area contributed by atoms with E-state index in [4.69, 9.17) is 0 Å². The summed E-state index contributed by atoms with van der Waals surface area (Å²) in [5.41, 5.74) is 13.0. The fourth-order valence-electron chi connectivity index (χ4n) is 10.1. The van der Waals surface area contributed by atoms with Gasteiger partial charge in [-0.15, -0.1) is 0 Å². The van der Waals surface area contributed by atoms with Crippen LogP contribution in [0.4, 0.5) is 0 Å². The first kappa shape index (κ1) is 27.3. The Hall–Kier alpha value is -6.50. The third kappa shape index (κ3) is 3.35. The molecule has 0 N–H and O–H groups in total. The van der Waals surface area contributed by atoms with Gasteiger partial charge in [0.1, 0.15) is 0 Å². The first-order chi connectivity index (χ1) is 25.3. The third-order valence-electron chi connectivity index (χ3n) is 12.0. The van der Waals surface area contributed by atoms with Gasteiger partial charge in [0.15, 0.2) is 0 Å². The van der Waals surface area contributed by atoms with Gasteiger partial charge in [-0.2, -0.15) is 0 Å². The topological polar surface area (TPSA) is 0 Å². The molecule has 10 aromatic carbocycles. The normalized spacial score (nSPS) is 13.6. The summed E-state index contributed by atoms with van der Waals surface area (Å²) in [5.74, 6) is 0. The van der Waals surface area contributed by atoms with Crippen molar-refractivity contribution in [2.24, 2.45) is 0 Å². The van der Waals surface area contributed by atoms with Crippen LogP contribution >= 0.6 is 0 Å². The number of hydrogen-bond donors (Lipinski definition) is 0. The lowest BCUT2D eigenvalue weighted by Crippen LogP contribution is -2.25. The minimum Gasteiger partial charge on any atom is -0.0619 e. The lowest BCUT2D eigenvalue weighted by atomic mass is 9.70. The predicted octanol–water partition coefficient (Wildman–Crippen LogP) is 13.5. The highest BCUT2D eigenvalue weighted by Crippen LogP contribution is 2.63. The number of fused-ring (bicyclic) bond motifs is 21. The van der Waals surface area contributed by atoms with Crippen LogP contribution in [0.2, 0.25) is 0 Å². The van der Waals surface area contributed by atoms with Crippen LogP contribution in [0.3, 0.4) is 0 Å². The fraction of sp³-hybridized carbons (Fsp3) is 0.0196. The summed E-state index contributed by atoms with van der Waals surface area (Å²) in [7, 11) is 0. The van der Waals surface area contributed by atoms with Gasteiger partial charge in [-0.3, -0.25) is 0 Å². The molecule has 0 radical (unpaired) electrons. The van der Waals surface area contributed by atoms with E-state index in [1.165, 1.54) is 109 Å². The zero-order valence-electron chi connectivity index (χ0n) is 27.8. The standard InChI is InChI=1S/C51H30/c1-4-19-40-33(13-1)34-14-2-5-20-41(34)50-43-28-26-31(29-44(43)35-15-3-6-21-42(35)49(40)50)32-25-27-39-38-18-9-12-24-47(38)51(48(39)30-32)45-22-10-7-16-36(45)37-17-8-11-23-46(37)51/h1-30H. The van der Waals surface area contributed by atoms with E-state index in [1.807, 2.05) is 0 Å². The van der Waals surface area contributed by atoms with Crippen molar-refractivity contribution >= 4 is 53.9 Å². The molecule has 51 heavy (non-hydrogen) atoms. The summed E-state index contributed by atoms with van der Waals surface area (Å²) in [4.78, 5) is 0. The highest BCUT2D eigenvalue weighted by Gasteiger charge is 2.51. The Balaban J connectivity index is 1.17. The van der Waals surface area contributed by atoms with Crippen LogP contribution in [-0.2, 0) is 5.41 Å². The molecular weight excluding hydrogens is 613 g/mol. The van der Waals surface area contributed by atoms with Crippen molar-refractivity contribution < 1.29 is 0 Å². The van der Waals surface area contributed by atoms with Crippen molar-refractivity contribution in [2.45, 2.75) is 5.41 Å². The SMILES string of the molecule is c1ccc2c(c1)-c1ccccc1C21c2ccccc2-c2ccc(-c3ccc4c(c3)c3ccccc3c3c5ccccc5c5ccccc5c43)cc21. The molecular formula is C51H30. The summed E-state index contributed by atoms with van der Waals surface area (Å²) in [5, 5.41) is 13.1. The molecule has 12 rings (SSSR count). The zero-order chi connectivity index (χ0) is 33.3. The maximum Gasteiger partial charge on any atom is 0.0725 e. The van der Waals surface area contributed by atoms with Crippen LogP contribution < -0.4 is 0 Å². The smallest absolute Gasteiger partial charge is 0.0619 e. The van der Waals surface area contributed by atoms with Gasteiger partial charge < -0.3 is 0 Å². The minimum absolute atomic E-state index is 0.352. The van der Waals surface area contributed by atoms with E-state index in [2.05, 4.69) is 182 Å². The molecule has 0 unspecified atom stereocenters. The van der Waals surface area contributed by atoms with Gasteiger partial charge in [0.2, 0.25) is 0 Å². The van der Waals surface area contributed by atoms with E-state index < -0.39 is 0 Å². The monoisotopic (exact) mass is 642 g/mol. The van der Waals surface area contributed by atoms with E-state index in [1.54, 1.807) is 0 Å². The van der Waals surface area contributed by atoms with E-state index in [0.29, 0.717) is 0 Å². The van der Waals surface area contributed by atoms with E-state index in [9.17, 15) is 0 Å². The lowest BCUT2D eigenvalue weighted by molar-refractivity contribution is 0.794. The van der Waals surface area contributed by atoms with Crippen molar-refractivity contribution in [2.75, 3.05) is 0 Å². The molecule has 2 aliphatic carbocycles. The second-order valence-electron chi connectivity index (χ2n) is 14.3. The molecule has 1 spiro atoms. The average molecular weight is 643 g/mol. The first-order valence-electron chi connectivity index (χ1n) is 17.9. The van der Waals surface area contributed by atoms with Crippen LogP contribution in [0.1, 0.15) is 22.3 Å². The molecule has 0 amide bonds. The first-order valence-corrected chi connectivity index (χ1v) is 17.9. The fourth-order valence-corrected chi connectivity index (χ4v) is 10.1. The maximum atomic E-state index is 2.50. The lowest BCUT2D eigenvalue weighted by Gasteiger charge is -2.30. The summed E-state index contributed by atoms with van der Waals surface area (Å²) in [6.07, 6.45) is 0. The summed E-state index contributed by atoms with van der Waals surface area (Å²) in [6.45, 7) is 0. The van der Waals surface area contributed by atoms with Gasteiger partial charge in [-0.05, 0) is 122 Å². The quantitative estimate of drug-likeness (QED) is 0.156. The largest absolute Gasteiger partial charge is 0.0725 e. The van der Waals surface area contributed by atoms with Gasteiger partial charge in [0.05, 0.1) is 5.41 Å². The zero-order valence-corrected chi connectivity index (χ0v) is 27.8. The Bertz CT molecular complexity index is 3080. The molecule has 234 valence electrons. The van der Waals surface area contributed by atoms with E-state index in [0.717, 1.165) is 0 Å². The van der Waals surface area contributed by atoms with Gasteiger partial charge >= 0.3 is 0 Å². The Kier molecular flexibility index (Phi) is 5.26. The predicted molar refractivity (Wildman–Crippen MR) is 216 cm³/mol. The van der Waals surface area contributed by atoms with Gasteiger partial charge in [0.25, 0.3) is 0 Å². The minimum atomic E-state index is -0.352. The average Bonchev–Trinajstić information content (AvgIpc) is 3.67. The number of hydrogen-bond acceptors (Lipinski definition) is 0. The molecule has 0 bridgehead atoms. The third-order valence-corrected chi connectivity index (χ3v) is 12.0. The molecule has 0 saturated carbocycles. The molecule has 0 saturated heterocycles. The molecule has 0 aromatic heterocycles. The van der Waals surface area contributed by atoms with Crippen molar-refractivity contribution in [3.05, 3.63) is 204 Å². The van der Waals surface area contributed by atoms with Crippen molar-refractivity contribution in [1.29, 1.82) is 0 Å². The Labute approximate surface area is 295 Å². The van der Waals surface area contributed by atoms with Gasteiger partial charge in [-0.25, -0.2) is 0 Å². The van der Waals surface area contributed by atoms with Crippen molar-refractivity contribution in [3.63, 3.8) is 0 Å². The van der Waals surface area contributed by atoms with Gasteiger partial charge in [0, 0.05) is 0 Å². The summed E-state index contributed by atoms with van der Waals surface area (Å²) < 4.78 is 0. The molecule has 0 aliphatic heterocycles. The molecule has 0 atom stereocenters. The van der Waals surface area contributed by atoms with Crippen LogP contribution in [0.5, 0.6) is 0 Å². The highest BCUT2D eigenvalue weighted by molar-refractivity contribution is 6.39. The molecule has 0 nitrogen and oxygen atoms in total. The number of benzene rings is 10. The molecule has 0 fully saturated rings.